The normalized spacial score (nSPS) is 21.1. The average Bonchev–Trinajstić information content (AvgIpc) is 3.03. The lowest BCUT2D eigenvalue weighted by molar-refractivity contribution is -0.132. The zero-order valence-corrected chi connectivity index (χ0v) is 13.3. The lowest BCUT2D eigenvalue weighted by Gasteiger charge is -2.30. The van der Waals surface area contributed by atoms with E-state index in [9.17, 15) is 9.59 Å². The SMILES string of the molecule is O=C1NC2(CCCCC2)C(=O)N1CCc1nc(CCl)cs1. The average molecular weight is 328 g/mol. The van der Waals surface area contributed by atoms with E-state index in [1.807, 2.05) is 5.38 Å². The summed E-state index contributed by atoms with van der Waals surface area (Å²) >= 11 is 7.25. The monoisotopic (exact) mass is 327 g/mol. The molecule has 3 amide bonds. The molecule has 2 heterocycles. The minimum atomic E-state index is -0.625. The molecule has 0 atom stereocenters. The zero-order chi connectivity index (χ0) is 14.9. The highest BCUT2D eigenvalue weighted by Gasteiger charge is 2.50. The molecule has 0 aromatic carbocycles. The van der Waals surface area contributed by atoms with E-state index in [-0.39, 0.29) is 11.9 Å². The first-order valence-corrected chi connectivity index (χ1v) is 8.69. The molecule has 5 nitrogen and oxygen atoms in total. The second-order valence-corrected chi connectivity index (χ2v) is 6.86. The van der Waals surface area contributed by atoms with Crippen LogP contribution < -0.4 is 5.32 Å². The summed E-state index contributed by atoms with van der Waals surface area (Å²) in [5.74, 6) is 0.337. The Labute approximate surface area is 132 Å². The summed E-state index contributed by atoms with van der Waals surface area (Å²) in [6.07, 6.45) is 5.28. The Morgan fingerprint density at radius 2 is 2.10 bits per heavy atom. The first-order valence-electron chi connectivity index (χ1n) is 7.28. The van der Waals surface area contributed by atoms with E-state index in [1.165, 1.54) is 16.2 Å². The highest BCUT2D eigenvalue weighted by molar-refractivity contribution is 7.09. The number of nitrogens with one attached hydrogen (secondary N) is 1. The van der Waals surface area contributed by atoms with Crippen LogP contribution in [0.15, 0.2) is 5.38 Å². The number of thiazole rings is 1. The third kappa shape index (κ3) is 2.79. The Kier molecular flexibility index (Phi) is 4.17. The fraction of sp³-hybridized carbons (Fsp3) is 0.643. The van der Waals surface area contributed by atoms with Crippen LogP contribution in [0.3, 0.4) is 0 Å². The number of alkyl halides is 1. The Hall–Kier alpha value is -1.14. The molecule has 0 bridgehead atoms. The number of hydrogen-bond acceptors (Lipinski definition) is 4. The van der Waals surface area contributed by atoms with Crippen molar-refractivity contribution in [2.75, 3.05) is 6.54 Å². The Bertz CT molecular complexity index is 554. The molecule has 2 aliphatic rings. The molecule has 21 heavy (non-hydrogen) atoms. The van der Waals surface area contributed by atoms with Gasteiger partial charge in [-0.3, -0.25) is 9.69 Å². The summed E-state index contributed by atoms with van der Waals surface area (Å²) in [7, 11) is 0. The molecule has 1 aromatic rings. The van der Waals surface area contributed by atoms with Gasteiger partial charge in [0.05, 0.1) is 16.6 Å². The summed E-state index contributed by atoms with van der Waals surface area (Å²) in [6.45, 7) is 0.391. The van der Waals surface area contributed by atoms with Gasteiger partial charge in [0.1, 0.15) is 5.54 Å². The summed E-state index contributed by atoms with van der Waals surface area (Å²) in [5.41, 5.74) is 0.220. The van der Waals surface area contributed by atoms with E-state index in [0.29, 0.717) is 18.8 Å². The molecule has 0 unspecified atom stereocenters. The lowest BCUT2D eigenvalue weighted by atomic mass is 9.82. The van der Waals surface area contributed by atoms with Gasteiger partial charge in [-0.05, 0) is 12.8 Å². The van der Waals surface area contributed by atoms with Gasteiger partial charge in [-0.1, -0.05) is 19.3 Å². The predicted octanol–water partition coefficient (Wildman–Crippen LogP) is 2.68. The molecule has 7 heteroatoms. The minimum absolute atomic E-state index is 0.0543. The van der Waals surface area contributed by atoms with Gasteiger partial charge >= 0.3 is 6.03 Å². The molecule has 0 radical (unpaired) electrons. The zero-order valence-electron chi connectivity index (χ0n) is 11.7. The third-order valence-electron chi connectivity index (χ3n) is 4.24. The second-order valence-electron chi connectivity index (χ2n) is 5.65. The van der Waals surface area contributed by atoms with Crippen LogP contribution in [0.25, 0.3) is 0 Å². The first-order chi connectivity index (χ1) is 10.1. The minimum Gasteiger partial charge on any atom is -0.323 e. The number of amides is 3. The predicted molar refractivity (Wildman–Crippen MR) is 81.4 cm³/mol. The molecular weight excluding hydrogens is 310 g/mol. The topological polar surface area (TPSA) is 62.3 Å². The summed E-state index contributed by atoms with van der Waals surface area (Å²) in [6, 6.07) is -0.254. The van der Waals surface area contributed by atoms with E-state index in [4.69, 9.17) is 11.6 Å². The number of nitrogens with zero attached hydrogens (tertiary/aromatic N) is 2. The van der Waals surface area contributed by atoms with Crippen molar-refractivity contribution in [1.29, 1.82) is 0 Å². The van der Waals surface area contributed by atoms with Crippen molar-refractivity contribution in [3.8, 4) is 0 Å². The number of urea groups is 1. The van der Waals surface area contributed by atoms with Crippen LogP contribution in [0.5, 0.6) is 0 Å². The van der Waals surface area contributed by atoms with E-state index >= 15 is 0 Å². The number of halogens is 1. The van der Waals surface area contributed by atoms with Gasteiger partial charge in [0, 0.05) is 18.3 Å². The van der Waals surface area contributed by atoms with Crippen LogP contribution >= 0.6 is 22.9 Å². The third-order valence-corrected chi connectivity index (χ3v) is 5.47. The van der Waals surface area contributed by atoms with Gasteiger partial charge in [-0.25, -0.2) is 9.78 Å². The molecule has 2 fully saturated rings. The number of carbonyl (C=O) groups is 2. The van der Waals surface area contributed by atoms with Gasteiger partial charge in [0.15, 0.2) is 0 Å². The molecule has 114 valence electrons. The number of aromatic nitrogens is 1. The second kappa shape index (κ2) is 5.93. The molecule has 1 N–H and O–H groups in total. The number of rotatable bonds is 4. The molecule has 1 spiro atoms. The molecule has 3 rings (SSSR count). The Morgan fingerprint density at radius 1 is 1.33 bits per heavy atom. The smallest absolute Gasteiger partial charge is 0.323 e. The van der Waals surface area contributed by atoms with Crippen molar-refractivity contribution in [2.24, 2.45) is 0 Å². The van der Waals surface area contributed by atoms with Crippen molar-refractivity contribution in [3.63, 3.8) is 0 Å². The molecule has 1 aliphatic heterocycles. The quantitative estimate of drug-likeness (QED) is 0.683. The van der Waals surface area contributed by atoms with Crippen LogP contribution in [0, 0.1) is 0 Å². The maximum Gasteiger partial charge on any atom is 0.325 e. The van der Waals surface area contributed by atoms with E-state index in [1.54, 1.807) is 0 Å². The van der Waals surface area contributed by atoms with Crippen molar-refractivity contribution in [3.05, 3.63) is 16.1 Å². The van der Waals surface area contributed by atoms with Gasteiger partial charge in [-0.2, -0.15) is 0 Å². The van der Waals surface area contributed by atoms with Gasteiger partial charge in [-0.15, -0.1) is 22.9 Å². The Balaban J connectivity index is 1.65. The van der Waals surface area contributed by atoms with Crippen LogP contribution in [-0.4, -0.2) is 33.9 Å². The fourth-order valence-corrected chi connectivity index (χ4v) is 4.12. The van der Waals surface area contributed by atoms with E-state index in [2.05, 4.69) is 10.3 Å². The van der Waals surface area contributed by atoms with Crippen molar-refractivity contribution >= 4 is 34.9 Å². The van der Waals surface area contributed by atoms with Crippen LogP contribution in [0.2, 0.25) is 0 Å². The largest absolute Gasteiger partial charge is 0.325 e. The van der Waals surface area contributed by atoms with Crippen LogP contribution in [-0.2, 0) is 17.1 Å². The Morgan fingerprint density at radius 3 is 2.76 bits per heavy atom. The van der Waals surface area contributed by atoms with Gasteiger partial charge in [0.2, 0.25) is 0 Å². The lowest BCUT2D eigenvalue weighted by Crippen LogP contribution is -2.48. The molecule has 1 saturated heterocycles. The summed E-state index contributed by atoms with van der Waals surface area (Å²) in [5, 5.41) is 5.75. The number of hydrogen-bond donors (Lipinski definition) is 1. The van der Waals surface area contributed by atoms with E-state index in [0.717, 1.165) is 42.8 Å². The summed E-state index contributed by atoms with van der Waals surface area (Å²) in [4.78, 5) is 30.4. The first kappa shape index (κ1) is 14.8. The number of imide groups is 1. The van der Waals surface area contributed by atoms with Crippen molar-refractivity contribution in [2.45, 2.75) is 49.9 Å². The molecular formula is C14H18ClN3O2S. The maximum absolute atomic E-state index is 12.6. The van der Waals surface area contributed by atoms with E-state index < -0.39 is 5.54 Å². The molecule has 1 aliphatic carbocycles. The molecule has 1 saturated carbocycles. The van der Waals surface area contributed by atoms with Crippen LogP contribution in [0.1, 0.15) is 42.8 Å². The van der Waals surface area contributed by atoms with Gasteiger partial charge < -0.3 is 5.32 Å². The van der Waals surface area contributed by atoms with Gasteiger partial charge in [0.25, 0.3) is 5.91 Å². The standard InChI is InChI=1S/C14H18ClN3O2S/c15-8-10-9-21-11(16-10)4-7-18-12(19)14(17-13(18)20)5-2-1-3-6-14/h9H,1-8H2,(H,17,20). The maximum atomic E-state index is 12.6. The summed E-state index contributed by atoms with van der Waals surface area (Å²) < 4.78 is 0. The fourth-order valence-electron chi connectivity index (χ4n) is 3.11. The van der Waals surface area contributed by atoms with Crippen LogP contribution in [0.4, 0.5) is 4.79 Å². The molecule has 1 aromatic heterocycles. The van der Waals surface area contributed by atoms with Crippen molar-refractivity contribution in [1.82, 2.24) is 15.2 Å². The van der Waals surface area contributed by atoms with Crippen molar-refractivity contribution < 1.29 is 9.59 Å². The highest BCUT2D eigenvalue weighted by Crippen LogP contribution is 2.33. The number of carbonyl (C=O) groups excluding carboxylic acids is 2. The highest BCUT2D eigenvalue weighted by atomic mass is 35.5.